The third-order valence-corrected chi connectivity index (χ3v) is 6.56. The average Bonchev–Trinajstić information content (AvgIpc) is 3.23. The minimum Gasteiger partial charge on any atom is -0.481 e. The van der Waals surface area contributed by atoms with Gasteiger partial charge in [0, 0.05) is 12.5 Å². The molecule has 3 aromatic carbocycles. The van der Waals surface area contributed by atoms with Gasteiger partial charge >= 0.3 is 5.97 Å². The lowest BCUT2D eigenvalue weighted by Crippen LogP contribution is -2.43. The number of hydrogen-bond acceptors (Lipinski definition) is 3. The summed E-state index contributed by atoms with van der Waals surface area (Å²) < 4.78 is 0. The van der Waals surface area contributed by atoms with E-state index < -0.39 is 23.8 Å². The zero-order chi connectivity index (χ0) is 25.7. The summed E-state index contributed by atoms with van der Waals surface area (Å²) in [6, 6.07) is 22.7. The third-order valence-electron chi connectivity index (χ3n) is 6.56. The molecule has 0 aromatic heterocycles. The largest absolute Gasteiger partial charge is 0.481 e. The lowest BCUT2D eigenvalue weighted by molar-refractivity contribution is -0.141. The van der Waals surface area contributed by atoms with Crippen LogP contribution in [0.1, 0.15) is 55.0 Å². The zero-order valence-electron chi connectivity index (χ0n) is 20.7. The zero-order valence-corrected chi connectivity index (χ0v) is 20.7. The Morgan fingerprint density at radius 1 is 0.861 bits per heavy atom. The minimum atomic E-state index is -1.03. The van der Waals surface area contributed by atoms with Crippen LogP contribution < -0.4 is 10.6 Å². The summed E-state index contributed by atoms with van der Waals surface area (Å²) in [5.41, 5.74) is 6.28. The van der Waals surface area contributed by atoms with Gasteiger partial charge in [0.15, 0.2) is 0 Å². The number of aliphatic carboxylic acids is 1. The summed E-state index contributed by atoms with van der Waals surface area (Å²) >= 11 is 0. The van der Waals surface area contributed by atoms with E-state index in [1.807, 2.05) is 74.5 Å². The smallest absolute Gasteiger partial charge is 0.304 e. The monoisotopic (exact) mass is 484 g/mol. The Kier molecular flexibility index (Phi) is 7.84. The average molecular weight is 485 g/mol. The lowest BCUT2D eigenvalue weighted by Gasteiger charge is -2.23. The van der Waals surface area contributed by atoms with Crippen LogP contribution in [0.2, 0.25) is 0 Å². The molecule has 0 fully saturated rings. The highest BCUT2D eigenvalue weighted by Gasteiger charge is 2.30. The van der Waals surface area contributed by atoms with Crippen LogP contribution in [0.5, 0.6) is 0 Å². The van der Waals surface area contributed by atoms with Crippen LogP contribution in [-0.4, -0.2) is 22.9 Å². The first kappa shape index (κ1) is 25.2. The molecule has 0 saturated heterocycles. The molecule has 2 amide bonds. The molecule has 0 radical (unpaired) electrons. The maximum Gasteiger partial charge on any atom is 0.304 e. The first-order valence-electron chi connectivity index (χ1n) is 12.4. The van der Waals surface area contributed by atoms with E-state index in [9.17, 15) is 19.5 Å². The van der Waals surface area contributed by atoms with Gasteiger partial charge in [-0.05, 0) is 52.1 Å². The van der Waals surface area contributed by atoms with Crippen molar-refractivity contribution in [1.29, 1.82) is 0 Å². The van der Waals surface area contributed by atoms with Gasteiger partial charge in [-0.15, -0.1) is 0 Å². The molecule has 0 bridgehead atoms. The fourth-order valence-corrected chi connectivity index (χ4v) is 4.85. The molecule has 4 rings (SSSR count). The number of carbonyl (C=O) groups excluding carboxylic acids is 2. The number of amides is 2. The van der Waals surface area contributed by atoms with E-state index in [1.54, 1.807) is 0 Å². The minimum absolute atomic E-state index is 0.143. The number of carbonyl (C=O) groups is 3. The molecule has 186 valence electrons. The van der Waals surface area contributed by atoms with Gasteiger partial charge in [-0.1, -0.05) is 86.6 Å². The highest BCUT2D eigenvalue weighted by Crippen LogP contribution is 2.37. The summed E-state index contributed by atoms with van der Waals surface area (Å²) in [4.78, 5) is 38.1. The number of benzene rings is 3. The Morgan fingerprint density at radius 2 is 1.56 bits per heavy atom. The van der Waals surface area contributed by atoms with E-state index in [1.165, 1.54) is 11.1 Å². The van der Waals surface area contributed by atoms with Crippen LogP contribution in [0.25, 0.3) is 11.1 Å². The van der Waals surface area contributed by atoms with Gasteiger partial charge in [0.05, 0.1) is 6.42 Å². The number of carboxylic acid groups (broad SMARTS) is 1. The molecule has 0 spiro atoms. The van der Waals surface area contributed by atoms with Crippen molar-refractivity contribution in [3.8, 4) is 11.1 Å². The standard InChI is InChI=1S/C30H32N2O4/c1-19(2)14-24(17-27(33)34)29(35)32-28(30(36)31-18-20-8-4-3-5-9-20)22-12-13-26-23(16-22)15-21-10-6-7-11-25(21)26/h3-13,16,19,24,28H,14-15,17-18H2,1-2H3,(H,31,36)(H,32,35)(H,33,34)/t24-,28?/m1/s1. The van der Waals surface area contributed by atoms with Crippen LogP contribution in [0, 0.1) is 11.8 Å². The van der Waals surface area contributed by atoms with Crippen LogP contribution in [0.15, 0.2) is 72.8 Å². The second-order valence-corrected chi connectivity index (χ2v) is 9.82. The molecule has 1 unspecified atom stereocenters. The molecule has 1 aliphatic rings. The molecule has 6 heteroatoms. The van der Waals surface area contributed by atoms with E-state index in [0.717, 1.165) is 23.1 Å². The highest BCUT2D eigenvalue weighted by atomic mass is 16.4. The van der Waals surface area contributed by atoms with E-state index >= 15 is 0 Å². The lowest BCUT2D eigenvalue weighted by atomic mass is 9.92. The van der Waals surface area contributed by atoms with Crippen molar-refractivity contribution < 1.29 is 19.5 Å². The maximum absolute atomic E-state index is 13.4. The second kappa shape index (κ2) is 11.2. The summed E-state index contributed by atoms with van der Waals surface area (Å²) in [5.74, 6) is -2.36. The summed E-state index contributed by atoms with van der Waals surface area (Å²) in [6.07, 6.45) is 0.915. The fraction of sp³-hybridized carbons (Fsp3) is 0.300. The Balaban J connectivity index is 1.60. The van der Waals surface area contributed by atoms with Gasteiger partial charge in [0.25, 0.3) is 0 Å². The topological polar surface area (TPSA) is 95.5 Å². The Labute approximate surface area is 211 Å². The maximum atomic E-state index is 13.4. The van der Waals surface area contributed by atoms with Gasteiger partial charge in [-0.3, -0.25) is 14.4 Å². The third kappa shape index (κ3) is 6.00. The Bertz CT molecular complexity index is 1250. The van der Waals surface area contributed by atoms with Crippen LogP contribution in [0.4, 0.5) is 0 Å². The molecule has 36 heavy (non-hydrogen) atoms. The van der Waals surface area contributed by atoms with Crippen molar-refractivity contribution in [3.05, 3.63) is 95.1 Å². The van der Waals surface area contributed by atoms with Gasteiger partial charge in [0.2, 0.25) is 11.8 Å². The first-order chi connectivity index (χ1) is 17.3. The van der Waals surface area contributed by atoms with Crippen LogP contribution >= 0.6 is 0 Å². The van der Waals surface area contributed by atoms with E-state index in [2.05, 4.69) is 22.8 Å². The van der Waals surface area contributed by atoms with Gasteiger partial charge in [-0.2, -0.15) is 0 Å². The van der Waals surface area contributed by atoms with Gasteiger partial charge < -0.3 is 15.7 Å². The molecule has 0 saturated carbocycles. The van der Waals surface area contributed by atoms with Crippen LogP contribution in [0.3, 0.4) is 0 Å². The number of hydrogen-bond donors (Lipinski definition) is 3. The van der Waals surface area contributed by atoms with Crippen molar-refractivity contribution in [2.24, 2.45) is 11.8 Å². The molecular formula is C30H32N2O4. The molecule has 3 N–H and O–H groups in total. The summed E-state index contributed by atoms with van der Waals surface area (Å²) in [5, 5.41) is 15.2. The molecule has 3 aromatic rings. The summed E-state index contributed by atoms with van der Waals surface area (Å²) in [7, 11) is 0. The number of fused-ring (bicyclic) bond motifs is 3. The van der Waals surface area contributed by atoms with Gasteiger partial charge in [0.1, 0.15) is 6.04 Å². The molecule has 1 aliphatic carbocycles. The Morgan fingerprint density at radius 3 is 2.28 bits per heavy atom. The number of nitrogens with one attached hydrogen (secondary N) is 2. The van der Waals surface area contributed by atoms with Crippen molar-refractivity contribution in [1.82, 2.24) is 10.6 Å². The number of carboxylic acids is 1. The van der Waals surface area contributed by atoms with E-state index in [4.69, 9.17) is 0 Å². The fourth-order valence-electron chi connectivity index (χ4n) is 4.85. The van der Waals surface area contributed by atoms with Gasteiger partial charge in [-0.25, -0.2) is 0 Å². The Hall–Kier alpha value is -3.93. The highest BCUT2D eigenvalue weighted by molar-refractivity contribution is 5.91. The van der Waals surface area contributed by atoms with Crippen molar-refractivity contribution in [2.75, 3.05) is 0 Å². The summed E-state index contributed by atoms with van der Waals surface area (Å²) in [6.45, 7) is 4.22. The van der Waals surface area contributed by atoms with Crippen molar-refractivity contribution in [2.45, 2.75) is 45.7 Å². The number of rotatable bonds is 10. The quantitative estimate of drug-likeness (QED) is 0.299. The first-order valence-corrected chi connectivity index (χ1v) is 12.4. The predicted octanol–water partition coefficient (Wildman–Crippen LogP) is 4.87. The van der Waals surface area contributed by atoms with E-state index in [-0.39, 0.29) is 18.2 Å². The van der Waals surface area contributed by atoms with Crippen LogP contribution in [-0.2, 0) is 27.3 Å². The van der Waals surface area contributed by atoms with E-state index in [0.29, 0.717) is 18.5 Å². The molecule has 6 nitrogen and oxygen atoms in total. The second-order valence-electron chi connectivity index (χ2n) is 9.82. The molecule has 0 heterocycles. The molecule has 0 aliphatic heterocycles. The van der Waals surface area contributed by atoms with Crippen molar-refractivity contribution >= 4 is 17.8 Å². The van der Waals surface area contributed by atoms with Crippen molar-refractivity contribution in [3.63, 3.8) is 0 Å². The molecular weight excluding hydrogens is 452 g/mol. The normalized spacial score (nSPS) is 13.4. The SMILES string of the molecule is CC(C)C[C@H](CC(=O)O)C(=O)NC(C(=O)NCc1ccccc1)c1ccc2c(c1)Cc1ccccc1-2. The predicted molar refractivity (Wildman–Crippen MR) is 139 cm³/mol. The molecule has 2 atom stereocenters.